The Morgan fingerprint density at radius 3 is 2.58 bits per heavy atom. The van der Waals surface area contributed by atoms with E-state index in [1.54, 1.807) is 6.07 Å². The highest BCUT2D eigenvalue weighted by molar-refractivity contribution is 5.95. The van der Waals surface area contributed by atoms with Crippen molar-refractivity contribution in [1.29, 1.82) is 0 Å². The number of amides is 1. The number of carbonyl (C=O) groups excluding carboxylic acids is 1. The van der Waals surface area contributed by atoms with Crippen LogP contribution in [-0.2, 0) is 6.42 Å². The zero-order chi connectivity index (χ0) is 15.8. The number of aryl methyl sites for hydroxylation is 1. The van der Waals surface area contributed by atoms with Gasteiger partial charge in [0.05, 0.1) is 6.04 Å². The molecule has 3 nitrogen and oxygen atoms in total. The molecular weight excluding hydrogens is 320 g/mol. The molecule has 2 aromatic rings. The molecule has 0 aliphatic heterocycles. The number of benzene rings is 2. The molecular formula is C20H23ClN2O. The van der Waals surface area contributed by atoms with Crippen LogP contribution in [0.15, 0.2) is 48.5 Å². The minimum atomic E-state index is 0. The molecule has 0 radical (unpaired) electrons. The number of hydrogen-bond acceptors (Lipinski definition) is 2. The Balaban J connectivity index is 0.00000169. The van der Waals surface area contributed by atoms with Crippen molar-refractivity contribution in [3.05, 3.63) is 65.2 Å². The van der Waals surface area contributed by atoms with Gasteiger partial charge in [-0.3, -0.25) is 4.79 Å². The number of fused-ring (bicyclic) bond motifs is 1. The Hall–Kier alpha value is -2.00. The summed E-state index contributed by atoms with van der Waals surface area (Å²) < 4.78 is 0. The van der Waals surface area contributed by atoms with Gasteiger partial charge in [0, 0.05) is 17.3 Å². The van der Waals surface area contributed by atoms with Gasteiger partial charge >= 0.3 is 0 Å². The van der Waals surface area contributed by atoms with Crippen molar-refractivity contribution in [2.45, 2.75) is 44.2 Å². The molecule has 0 spiro atoms. The van der Waals surface area contributed by atoms with Crippen LogP contribution < -0.4 is 5.73 Å². The molecule has 1 saturated carbocycles. The summed E-state index contributed by atoms with van der Waals surface area (Å²) >= 11 is 0. The van der Waals surface area contributed by atoms with Crippen LogP contribution in [0.1, 0.15) is 53.2 Å². The van der Waals surface area contributed by atoms with Gasteiger partial charge in [-0.2, -0.15) is 0 Å². The van der Waals surface area contributed by atoms with E-state index >= 15 is 0 Å². The normalized spacial score (nSPS) is 19.1. The number of nitrogens with zero attached hydrogens (tertiary/aromatic N) is 1. The number of anilines is 1. The highest BCUT2D eigenvalue weighted by atomic mass is 35.5. The van der Waals surface area contributed by atoms with E-state index in [0.29, 0.717) is 17.3 Å². The minimum Gasteiger partial charge on any atom is -0.399 e. The molecule has 2 aromatic carbocycles. The molecule has 0 bridgehead atoms. The van der Waals surface area contributed by atoms with E-state index < -0.39 is 0 Å². The van der Waals surface area contributed by atoms with Crippen LogP contribution in [0.5, 0.6) is 0 Å². The molecule has 2 aliphatic carbocycles. The molecule has 0 heterocycles. The first-order chi connectivity index (χ1) is 11.2. The zero-order valence-corrected chi connectivity index (χ0v) is 14.5. The van der Waals surface area contributed by atoms with E-state index in [4.69, 9.17) is 5.73 Å². The predicted molar refractivity (Wildman–Crippen MR) is 99.4 cm³/mol. The molecule has 24 heavy (non-hydrogen) atoms. The van der Waals surface area contributed by atoms with Crippen LogP contribution in [0.2, 0.25) is 0 Å². The lowest BCUT2D eigenvalue weighted by molar-refractivity contribution is 0.0638. The largest absolute Gasteiger partial charge is 0.399 e. The fourth-order valence-corrected chi connectivity index (χ4v) is 3.75. The molecule has 2 aliphatic rings. The van der Waals surface area contributed by atoms with Gasteiger partial charge in [0.15, 0.2) is 0 Å². The first-order valence-corrected chi connectivity index (χ1v) is 8.50. The summed E-state index contributed by atoms with van der Waals surface area (Å²) in [7, 11) is 0. The third kappa shape index (κ3) is 3.13. The van der Waals surface area contributed by atoms with Gasteiger partial charge in [-0.1, -0.05) is 30.3 Å². The van der Waals surface area contributed by atoms with Gasteiger partial charge < -0.3 is 10.6 Å². The van der Waals surface area contributed by atoms with Gasteiger partial charge in [0.1, 0.15) is 0 Å². The van der Waals surface area contributed by atoms with Gasteiger partial charge in [0.2, 0.25) is 0 Å². The second kappa shape index (κ2) is 6.86. The summed E-state index contributed by atoms with van der Waals surface area (Å²) in [6.45, 7) is 0. The van der Waals surface area contributed by atoms with E-state index in [1.807, 2.05) is 18.2 Å². The highest BCUT2D eigenvalue weighted by Gasteiger charge is 2.39. The second-order valence-corrected chi connectivity index (χ2v) is 6.68. The fraction of sp³-hybridized carbons (Fsp3) is 0.350. The molecule has 1 unspecified atom stereocenters. The Morgan fingerprint density at radius 2 is 1.83 bits per heavy atom. The van der Waals surface area contributed by atoms with E-state index in [-0.39, 0.29) is 24.4 Å². The van der Waals surface area contributed by atoms with Crippen LogP contribution in [0.25, 0.3) is 0 Å². The topological polar surface area (TPSA) is 46.3 Å². The maximum Gasteiger partial charge on any atom is 0.254 e. The van der Waals surface area contributed by atoms with Crippen molar-refractivity contribution in [2.75, 3.05) is 5.73 Å². The molecule has 2 N–H and O–H groups in total. The third-order valence-corrected chi connectivity index (χ3v) is 4.98. The number of hydrogen-bond donors (Lipinski definition) is 1. The maximum atomic E-state index is 13.2. The van der Waals surface area contributed by atoms with Crippen LogP contribution in [-0.4, -0.2) is 16.8 Å². The second-order valence-electron chi connectivity index (χ2n) is 6.68. The molecule has 1 fully saturated rings. The zero-order valence-electron chi connectivity index (χ0n) is 13.7. The summed E-state index contributed by atoms with van der Waals surface area (Å²) in [5.41, 5.74) is 9.96. The maximum absolute atomic E-state index is 13.2. The summed E-state index contributed by atoms with van der Waals surface area (Å²) in [4.78, 5) is 15.3. The Bertz CT molecular complexity index is 742. The quantitative estimate of drug-likeness (QED) is 0.842. The predicted octanol–water partition coefficient (Wildman–Crippen LogP) is 4.37. The summed E-state index contributed by atoms with van der Waals surface area (Å²) in [6.07, 6.45) is 5.56. The number of halogens is 1. The number of carbonyl (C=O) groups is 1. The van der Waals surface area contributed by atoms with E-state index in [1.165, 1.54) is 11.1 Å². The summed E-state index contributed by atoms with van der Waals surface area (Å²) in [5, 5.41) is 0. The standard InChI is InChI=1S/C20H22N2O.ClH/c21-16-8-3-7-15(13-16)20(23)22(17-11-12-17)19-10-4-6-14-5-1-2-9-18(14)19;/h1-3,5,7-9,13,17,19H,4,6,10-12,21H2;1H. The molecule has 0 aromatic heterocycles. The van der Waals surface area contributed by atoms with Crippen molar-refractivity contribution < 1.29 is 4.79 Å². The third-order valence-electron chi connectivity index (χ3n) is 4.98. The van der Waals surface area contributed by atoms with Gasteiger partial charge in [-0.15, -0.1) is 12.4 Å². The van der Waals surface area contributed by atoms with Crippen molar-refractivity contribution in [2.24, 2.45) is 0 Å². The average Bonchev–Trinajstić information content (AvgIpc) is 3.40. The summed E-state index contributed by atoms with van der Waals surface area (Å²) in [5.74, 6) is 0.126. The van der Waals surface area contributed by atoms with Gasteiger partial charge in [-0.05, 0) is 61.4 Å². The van der Waals surface area contributed by atoms with Gasteiger partial charge in [0.25, 0.3) is 5.91 Å². The lowest BCUT2D eigenvalue weighted by Gasteiger charge is -2.36. The molecule has 4 heteroatoms. The average molecular weight is 343 g/mol. The van der Waals surface area contributed by atoms with E-state index in [9.17, 15) is 4.79 Å². The summed E-state index contributed by atoms with van der Waals surface area (Å²) in [6, 6.07) is 16.6. The monoisotopic (exact) mass is 342 g/mol. The van der Waals surface area contributed by atoms with Crippen LogP contribution in [0.4, 0.5) is 5.69 Å². The molecule has 126 valence electrons. The molecule has 1 atom stereocenters. The van der Waals surface area contributed by atoms with Crippen molar-refractivity contribution in [3.8, 4) is 0 Å². The van der Waals surface area contributed by atoms with Crippen molar-refractivity contribution in [1.82, 2.24) is 4.90 Å². The Labute approximate surface area is 149 Å². The van der Waals surface area contributed by atoms with E-state index in [0.717, 1.165) is 32.1 Å². The fourth-order valence-electron chi connectivity index (χ4n) is 3.75. The number of nitrogens with two attached hydrogens (primary N) is 1. The molecule has 0 saturated heterocycles. The minimum absolute atomic E-state index is 0. The highest BCUT2D eigenvalue weighted by Crippen LogP contribution is 2.41. The van der Waals surface area contributed by atoms with Crippen LogP contribution in [0, 0.1) is 0 Å². The first-order valence-electron chi connectivity index (χ1n) is 8.50. The smallest absolute Gasteiger partial charge is 0.254 e. The van der Waals surface area contributed by atoms with E-state index in [2.05, 4.69) is 29.2 Å². The van der Waals surface area contributed by atoms with Crippen molar-refractivity contribution >= 4 is 24.0 Å². The Kier molecular flexibility index (Phi) is 4.81. The van der Waals surface area contributed by atoms with Crippen molar-refractivity contribution in [3.63, 3.8) is 0 Å². The van der Waals surface area contributed by atoms with Gasteiger partial charge in [-0.25, -0.2) is 0 Å². The van der Waals surface area contributed by atoms with Crippen LogP contribution in [0.3, 0.4) is 0 Å². The molecule has 4 rings (SSSR count). The lowest BCUT2D eigenvalue weighted by atomic mass is 9.86. The first kappa shape index (κ1) is 16.8. The lowest BCUT2D eigenvalue weighted by Crippen LogP contribution is -2.38. The Morgan fingerprint density at radius 1 is 1.04 bits per heavy atom. The number of nitrogen functional groups attached to an aromatic ring is 1. The SMILES string of the molecule is Cl.Nc1cccc(C(=O)N(C2CC2)C2CCCc3ccccc32)c1. The molecule has 1 amide bonds. The number of rotatable bonds is 3. The van der Waals surface area contributed by atoms with Crippen LogP contribution >= 0.6 is 12.4 Å².